The lowest BCUT2D eigenvalue weighted by molar-refractivity contribution is 0.530. The monoisotopic (exact) mass is 229 g/mol. The Balaban J connectivity index is 2.17. The molecule has 1 aromatic carbocycles. The molecule has 0 amide bonds. The summed E-state index contributed by atoms with van der Waals surface area (Å²) in [6.45, 7) is 2.10. The number of benzene rings is 1. The molecule has 4 heteroatoms. The van der Waals surface area contributed by atoms with E-state index < -0.39 is 11.6 Å². The molecule has 0 bridgehead atoms. The molecule has 2 unspecified atom stereocenters. The lowest BCUT2D eigenvalue weighted by Gasteiger charge is -2.12. The van der Waals surface area contributed by atoms with Gasteiger partial charge in [-0.2, -0.15) is 0 Å². The van der Waals surface area contributed by atoms with Crippen LogP contribution in [0, 0.1) is 11.6 Å². The molecule has 1 heterocycles. The Kier molecular flexibility index (Phi) is 3.26. The zero-order chi connectivity index (χ0) is 10.8. The van der Waals surface area contributed by atoms with Crippen molar-refractivity contribution >= 4 is 11.8 Å². The third-order valence-corrected chi connectivity index (χ3v) is 3.91. The van der Waals surface area contributed by atoms with Gasteiger partial charge >= 0.3 is 0 Å². The molecule has 1 N–H and O–H groups in total. The van der Waals surface area contributed by atoms with Crippen molar-refractivity contribution in [1.29, 1.82) is 0 Å². The van der Waals surface area contributed by atoms with Crippen LogP contribution in [0.2, 0.25) is 0 Å². The second kappa shape index (κ2) is 4.49. The first-order valence-electron chi connectivity index (χ1n) is 5.03. The van der Waals surface area contributed by atoms with Gasteiger partial charge < -0.3 is 0 Å². The first-order chi connectivity index (χ1) is 7.20. The average molecular weight is 229 g/mol. The number of thioether (sulfide) groups is 1. The highest BCUT2D eigenvalue weighted by molar-refractivity contribution is 7.99. The van der Waals surface area contributed by atoms with Gasteiger partial charge in [0.25, 0.3) is 0 Å². The van der Waals surface area contributed by atoms with Crippen LogP contribution in [0.25, 0.3) is 0 Å². The molecule has 0 spiro atoms. The van der Waals surface area contributed by atoms with Crippen molar-refractivity contribution in [3.05, 3.63) is 35.4 Å². The van der Waals surface area contributed by atoms with Crippen LogP contribution in [0.1, 0.15) is 24.3 Å². The third kappa shape index (κ3) is 2.32. The SMILES string of the molecule is CCC1CSC(c2ccc(F)cc2F)N1. The van der Waals surface area contributed by atoms with E-state index in [1.807, 2.05) is 0 Å². The Morgan fingerprint density at radius 2 is 2.27 bits per heavy atom. The number of rotatable bonds is 2. The number of hydrogen-bond donors (Lipinski definition) is 1. The maximum atomic E-state index is 13.4. The van der Waals surface area contributed by atoms with E-state index in [-0.39, 0.29) is 5.37 Å². The van der Waals surface area contributed by atoms with Crippen molar-refractivity contribution in [2.75, 3.05) is 5.75 Å². The average Bonchev–Trinajstić information content (AvgIpc) is 2.66. The number of hydrogen-bond acceptors (Lipinski definition) is 2. The van der Waals surface area contributed by atoms with E-state index in [2.05, 4.69) is 12.2 Å². The fourth-order valence-corrected chi connectivity index (χ4v) is 3.07. The molecular formula is C11H13F2NS. The quantitative estimate of drug-likeness (QED) is 0.836. The highest BCUT2D eigenvalue weighted by Crippen LogP contribution is 2.34. The van der Waals surface area contributed by atoms with Crippen molar-refractivity contribution in [2.45, 2.75) is 24.8 Å². The van der Waals surface area contributed by atoms with Crippen LogP contribution in [0.5, 0.6) is 0 Å². The molecule has 15 heavy (non-hydrogen) atoms. The van der Waals surface area contributed by atoms with Crippen molar-refractivity contribution in [3.63, 3.8) is 0 Å². The molecule has 0 radical (unpaired) electrons. The lowest BCUT2D eigenvalue weighted by atomic mass is 10.2. The minimum Gasteiger partial charge on any atom is -0.298 e. The van der Waals surface area contributed by atoms with Gasteiger partial charge in [0, 0.05) is 23.4 Å². The summed E-state index contributed by atoms with van der Waals surface area (Å²) in [5.74, 6) is 0.000815. The van der Waals surface area contributed by atoms with Gasteiger partial charge in [-0.3, -0.25) is 5.32 Å². The van der Waals surface area contributed by atoms with Crippen LogP contribution in [0.3, 0.4) is 0 Å². The molecule has 0 aliphatic carbocycles. The van der Waals surface area contributed by atoms with Gasteiger partial charge in [-0.25, -0.2) is 8.78 Å². The molecule has 2 atom stereocenters. The Morgan fingerprint density at radius 3 is 2.87 bits per heavy atom. The van der Waals surface area contributed by atoms with Gasteiger partial charge in [0.2, 0.25) is 0 Å². The van der Waals surface area contributed by atoms with Crippen LogP contribution in [-0.2, 0) is 0 Å². The van der Waals surface area contributed by atoms with Crippen LogP contribution in [0.4, 0.5) is 8.78 Å². The van der Waals surface area contributed by atoms with E-state index >= 15 is 0 Å². The minimum absolute atomic E-state index is 0.0319. The van der Waals surface area contributed by atoms with Gasteiger partial charge in [-0.1, -0.05) is 13.0 Å². The van der Waals surface area contributed by atoms with Crippen LogP contribution < -0.4 is 5.32 Å². The van der Waals surface area contributed by atoms with E-state index in [0.29, 0.717) is 11.6 Å². The molecular weight excluding hydrogens is 216 g/mol. The summed E-state index contributed by atoms with van der Waals surface area (Å²) in [6.07, 6.45) is 1.03. The first kappa shape index (κ1) is 10.9. The molecule has 0 saturated carbocycles. The predicted molar refractivity (Wildman–Crippen MR) is 58.8 cm³/mol. The standard InChI is InChI=1S/C11H13F2NS/c1-2-8-6-15-11(14-8)9-4-3-7(12)5-10(9)13/h3-5,8,11,14H,2,6H2,1H3. The zero-order valence-corrected chi connectivity index (χ0v) is 9.28. The van der Waals surface area contributed by atoms with Crippen molar-refractivity contribution in [3.8, 4) is 0 Å². The van der Waals surface area contributed by atoms with E-state index in [0.717, 1.165) is 18.2 Å². The second-order valence-electron chi connectivity index (χ2n) is 3.65. The highest BCUT2D eigenvalue weighted by atomic mass is 32.2. The molecule has 2 rings (SSSR count). The largest absolute Gasteiger partial charge is 0.298 e. The Morgan fingerprint density at radius 1 is 1.47 bits per heavy atom. The highest BCUT2D eigenvalue weighted by Gasteiger charge is 2.26. The van der Waals surface area contributed by atoms with Gasteiger partial charge in [-0.15, -0.1) is 11.8 Å². The predicted octanol–water partition coefficient (Wildman–Crippen LogP) is 3.08. The van der Waals surface area contributed by atoms with Crippen LogP contribution in [-0.4, -0.2) is 11.8 Å². The van der Waals surface area contributed by atoms with E-state index in [1.54, 1.807) is 11.8 Å². The van der Waals surface area contributed by atoms with E-state index in [9.17, 15) is 8.78 Å². The summed E-state index contributed by atoms with van der Waals surface area (Å²) >= 11 is 1.67. The Hall–Kier alpha value is -0.610. The minimum atomic E-state index is -0.522. The van der Waals surface area contributed by atoms with Gasteiger partial charge in [0.15, 0.2) is 0 Å². The van der Waals surface area contributed by atoms with Crippen LogP contribution >= 0.6 is 11.8 Å². The van der Waals surface area contributed by atoms with E-state index in [4.69, 9.17) is 0 Å². The van der Waals surface area contributed by atoms with E-state index in [1.165, 1.54) is 12.1 Å². The molecule has 1 saturated heterocycles. The summed E-state index contributed by atoms with van der Waals surface area (Å²) in [6, 6.07) is 4.20. The fraction of sp³-hybridized carbons (Fsp3) is 0.455. The summed E-state index contributed by atoms with van der Waals surface area (Å²) in [4.78, 5) is 0. The zero-order valence-electron chi connectivity index (χ0n) is 8.47. The molecule has 0 aromatic heterocycles. The molecule has 1 aliphatic heterocycles. The second-order valence-corrected chi connectivity index (χ2v) is 4.79. The maximum Gasteiger partial charge on any atom is 0.131 e. The number of halogens is 2. The summed E-state index contributed by atoms with van der Waals surface area (Å²) < 4.78 is 26.2. The normalized spacial score (nSPS) is 25.8. The molecule has 1 nitrogen and oxygen atoms in total. The summed E-state index contributed by atoms with van der Waals surface area (Å²) in [5, 5.41) is 3.29. The van der Waals surface area contributed by atoms with Crippen molar-refractivity contribution in [2.24, 2.45) is 0 Å². The topological polar surface area (TPSA) is 12.0 Å². The third-order valence-electron chi connectivity index (χ3n) is 2.59. The Labute approximate surface area is 92.3 Å². The smallest absolute Gasteiger partial charge is 0.131 e. The van der Waals surface area contributed by atoms with Gasteiger partial charge in [0.05, 0.1) is 5.37 Å². The molecule has 1 fully saturated rings. The molecule has 1 aliphatic rings. The maximum absolute atomic E-state index is 13.4. The summed E-state index contributed by atoms with van der Waals surface area (Å²) in [5.41, 5.74) is 0.553. The lowest BCUT2D eigenvalue weighted by Crippen LogP contribution is -2.25. The number of nitrogens with one attached hydrogen (secondary N) is 1. The molecule has 1 aromatic rings. The molecule has 82 valence electrons. The van der Waals surface area contributed by atoms with Gasteiger partial charge in [-0.05, 0) is 12.5 Å². The first-order valence-corrected chi connectivity index (χ1v) is 6.08. The van der Waals surface area contributed by atoms with Crippen LogP contribution in [0.15, 0.2) is 18.2 Å². The van der Waals surface area contributed by atoms with Crippen molar-refractivity contribution in [1.82, 2.24) is 5.32 Å². The fourth-order valence-electron chi connectivity index (χ4n) is 1.65. The summed E-state index contributed by atoms with van der Waals surface area (Å²) in [7, 11) is 0. The van der Waals surface area contributed by atoms with Crippen molar-refractivity contribution < 1.29 is 8.78 Å². The Bertz CT molecular complexity index is 356. The van der Waals surface area contributed by atoms with Gasteiger partial charge in [0.1, 0.15) is 11.6 Å².